The van der Waals surface area contributed by atoms with E-state index < -0.39 is 5.91 Å². The van der Waals surface area contributed by atoms with E-state index >= 15 is 0 Å². The third-order valence-corrected chi connectivity index (χ3v) is 5.75. The van der Waals surface area contributed by atoms with Gasteiger partial charge in [-0.1, -0.05) is 30.3 Å². The smallest absolute Gasteiger partial charge is 0.248 e. The summed E-state index contributed by atoms with van der Waals surface area (Å²) < 4.78 is 5.87. The molecule has 4 N–H and O–H groups in total. The van der Waals surface area contributed by atoms with Crippen molar-refractivity contribution in [3.05, 3.63) is 65.0 Å². The average molecular weight is 435 g/mol. The molecule has 7 heteroatoms. The molecule has 2 aromatic carbocycles. The number of rotatable bonds is 7. The van der Waals surface area contributed by atoms with Crippen LogP contribution in [-0.2, 0) is 0 Å². The number of carbonyl (C=O) groups excluding carboxylic acids is 1. The van der Waals surface area contributed by atoms with Crippen LogP contribution in [0.1, 0.15) is 36.2 Å². The van der Waals surface area contributed by atoms with Crippen molar-refractivity contribution in [1.82, 2.24) is 10.3 Å². The number of nitrogens with zero attached hydrogens (tertiary/aromatic N) is 1. The van der Waals surface area contributed by atoms with Gasteiger partial charge < -0.3 is 21.1 Å². The number of nitrogens with two attached hydrogens (primary N) is 1. The molecule has 0 saturated carbocycles. The summed E-state index contributed by atoms with van der Waals surface area (Å²) in [4.78, 5) is 16.3. The summed E-state index contributed by atoms with van der Waals surface area (Å²) in [5.74, 6) is 0.166. The number of ether oxygens (including phenoxy) is 1. The summed E-state index contributed by atoms with van der Waals surface area (Å²) >= 11 is 1.50. The van der Waals surface area contributed by atoms with Gasteiger partial charge in [0.2, 0.25) is 5.91 Å². The Morgan fingerprint density at radius 3 is 2.65 bits per heavy atom. The van der Waals surface area contributed by atoms with Crippen molar-refractivity contribution in [3.63, 3.8) is 0 Å². The topological polar surface area (TPSA) is 89.3 Å². The number of amides is 1. The third kappa shape index (κ3) is 5.13. The fraction of sp³-hybridized carbons (Fsp3) is 0.250. The van der Waals surface area contributed by atoms with Crippen molar-refractivity contribution < 1.29 is 9.53 Å². The quantitative estimate of drug-likeness (QED) is 0.496. The molecule has 0 aliphatic carbocycles. The van der Waals surface area contributed by atoms with Gasteiger partial charge in [-0.15, -0.1) is 11.3 Å². The highest BCUT2D eigenvalue weighted by molar-refractivity contribution is 7.14. The molecule has 1 aliphatic heterocycles. The lowest BCUT2D eigenvalue weighted by atomic mass is 9.99. The van der Waals surface area contributed by atoms with Crippen LogP contribution in [0.5, 0.6) is 5.75 Å². The molecule has 1 amide bonds. The Morgan fingerprint density at radius 1 is 1.19 bits per heavy atom. The van der Waals surface area contributed by atoms with E-state index in [1.807, 2.05) is 19.2 Å². The van der Waals surface area contributed by atoms with Crippen molar-refractivity contribution in [3.8, 4) is 17.0 Å². The number of carbonyl (C=O) groups is 1. The summed E-state index contributed by atoms with van der Waals surface area (Å²) in [5.41, 5.74) is 11.1. The standard InChI is InChI=1S/C24H26N4O2S/c1-15(2)30-22-8-7-19(23(25)29)13-20(22)27-24-28-21(14-31-24)18-5-3-16(4-6-18)17-9-11-26-12-10-17/h3-9,13-15,26H,10-12H2,1-2H3,(H2,25,29)(H,27,28). The minimum Gasteiger partial charge on any atom is -0.489 e. The summed E-state index contributed by atoms with van der Waals surface area (Å²) in [7, 11) is 0. The Morgan fingerprint density at radius 2 is 1.97 bits per heavy atom. The molecule has 1 aliphatic rings. The van der Waals surface area contributed by atoms with Gasteiger partial charge in [0.15, 0.2) is 5.13 Å². The van der Waals surface area contributed by atoms with Crippen LogP contribution in [0.15, 0.2) is 53.9 Å². The van der Waals surface area contributed by atoms with E-state index in [0.29, 0.717) is 17.0 Å². The van der Waals surface area contributed by atoms with Gasteiger partial charge in [-0.05, 0) is 56.1 Å². The minimum atomic E-state index is -0.483. The molecular weight excluding hydrogens is 408 g/mol. The first-order valence-corrected chi connectivity index (χ1v) is 11.2. The van der Waals surface area contributed by atoms with Crippen molar-refractivity contribution in [2.45, 2.75) is 26.4 Å². The Bertz CT molecular complexity index is 1100. The number of hydrogen-bond acceptors (Lipinski definition) is 6. The van der Waals surface area contributed by atoms with Gasteiger partial charge in [0, 0.05) is 23.1 Å². The molecule has 2 heterocycles. The molecule has 0 fully saturated rings. The second kappa shape index (κ2) is 9.32. The van der Waals surface area contributed by atoms with Crippen LogP contribution in [0, 0.1) is 0 Å². The Labute approximate surface area is 186 Å². The van der Waals surface area contributed by atoms with Gasteiger partial charge >= 0.3 is 0 Å². The molecular formula is C24H26N4O2S. The Balaban J connectivity index is 1.54. The van der Waals surface area contributed by atoms with E-state index in [2.05, 4.69) is 41.0 Å². The normalized spacial score (nSPS) is 13.7. The van der Waals surface area contributed by atoms with Crippen molar-refractivity contribution in [2.75, 3.05) is 18.4 Å². The maximum absolute atomic E-state index is 11.6. The number of hydrogen-bond donors (Lipinski definition) is 3. The predicted molar refractivity (Wildman–Crippen MR) is 127 cm³/mol. The van der Waals surface area contributed by atoms with E-state index in [1.165, 1.54) is 22.5 Å². The van der Waals surface area contributed by atoms with Crippen LogP contribution in [0.3, 0.4) is 0 Å². The molecule has 0 saturated heterocycles. The van der Waals surface area contributed by atoms with Gasteiger partial charge in [-0.2, -0.15) is 0 Å². The van der Waals surface area contributed by atoms with Crippen LogP contribution in [0.2, 0.25) is 0 Å². The van der Waals surface area contributed by atoms with Crippen LogP contribution in [-0.4, -0.2) is 30.1 Å². The minimum absolute atomic E-state index is 0.000379. The molecule has 1 aromatic heterocycles. The number of primary amides is 1. The Hall–Kier alpha value is -3.16. The predicted octanol–water partition coefficient (Wildman–Crippen LogP) is 4.82. The lowest BCUT2D eigenvalue weighted by Gasteiger charge is -2.15. The monoisotopic (exact) mass is 434 g/mol. The molecule has 0 bridgehead atoms. The molecule has 0 spiro atoms. The van der Waals surface area contributed by atoms with Crippen molar-refractivity contribution in [2.24, 2.45) is 5.73 Å². The second-order valence-electron chi connectivity index (χ2n) is 7.67. The maximum Gasteiger partial charge on any atom is 0.248 e. The SMILES string of the molecule is CC(C)Oc1ccc(C(N)=O)cc1Nc1nc(-c2ccc(C3=CCNCC3)cc2)cs1. The summed E-state index contributed by atoms with van der Waals surface area (Å²) in [6.45, 7) is 5.86. The number of nitrogens with one attached hydrogen (secondary N) is 2. The largest absolute Gasteiger partial charge is 0.489 e. The molecule has 3 aromatic rings. The van der Waals surface area contributed by atoms with Gasteiger partial charge in [-0.25, -0.2) is 4.98 Å². The molecule has 31 heavy (non-hydrogen) atoms. The second-order valence-corrected chi connectivity index (χ2v) is 8.52. The van der Waals surface area contributed by atoms with Crippen LogP contribution < -0.4 is 21.1 Å². The van der Waals surface area contributed by atoms with E-state index in [9.17, 15) is 4.79 Å². The van der Waals surface area contributed by atoms with E-state index in [-0.39, 0.29) is 6.10 Å². The van der Waals surface area contributed by atoms with Gasteiger partial charge in [0.1, 0.15) is 5.75 Å². The van der Waals surface area contributed by atoms with Gasteiger partial charge in [0.05, 0.1) is 17.5 Å². The summed E-state index contributed by atoms with van der Waals surface area (Å²) in [5, 5.41) is 9.36. The van der Waals surface area contributed by atoms with Crippen LogP contribution >= 0.6 is 11.3 Å². The molecule has 4 rings (SSSR count). The molecule has 6 nitrogen and oxygen atoms in total. The zero-order valence-electron chi connectivity index (χ0n) is 17.6. The summed E-state index contributed by atoms with van der Waals surface area (Å²) in [6, 6.07) is 13.6. The highest BCUT2D eigenvalue weighted by atomic mass is 32.1. The number of thiazole rings is 1. The van der Waals surface area contributed by atoms with Crippen LogP contribution in [0.25, 0.3) is 16.8 Å². The van der Waals surface area contributed by atoms with Crippen molar-refractivity contribution in [1.29, 1.82) is 0 Å². The fourth-order valence-electron chi connectivity index (χ4n) is 3.46. The zero-order valence-corrected chi connectivity index (χ0v) is 18.5. The van der Waals surface area contributed by atoms with E-state index in [1.54, 1.807) is 18.2 Å². The lowest BCUT2D eigenvalue weighted by molar-refractivity contribution is 0.100. The number of aromatic nitrogens is 1. The van der Waals surface area contributed by atoms with Gasteiger partial charge in [-0.3, -0.25) is 4.79 Å². The third-order valence-electron chi connectivity index (χ3n) is 4.99. The van der Waals surface area contributed by atoms with Crippen molar-refractivity contribution >= 4 is 33.6 Å². The van der Waals surface area contributed by atoms with E-state index in [0.717, 1.165) is 35.9 Å². The molecule has 0 atom stereocenters. The summed E-state index contributed by atoms with van der Waals surface area (Å²) in [6.07, 6.45) is 3.30. The highest BCUT2D eigenvalue weighted by Crippen LogP contribution is 2.33. The van der Waals surface area contributed by atoms with Crippen LogP contribution in [0.4, 0.5) is 10.8 Å². The lowest BCUT2D eigenvalue weighted by Crippen LogP contribution is -2.19. The maximum atomic E-state index is 11.6. The first-order valence-electron chi connectivity index (χ1n) is 10.3. The highest BCUT2D eigenvalue weighted by Gasteiger charge is 2.13. The number of benzene rings is 2. The van der Waals surface area contributed by atoms with Gasteiger partial charge in [0.25, 0.3) is 0 Å². The molecule has 0 radical (unpaired) electrons. The fourth-order valence-corrected chi connectivity index (χ4v) is 4.19. The molecule has 160 valence electrons. The average Bonchev–Trinajstić information content (AvgIpc) is 3.24. The molecule has 0 unspecified atom stereocenters. The zero-order chi connectivity index (χ0) is 21.8. The number of anilines is 2. The Kier molecular flexibility index (Phi) is 6.34. The first-order chi connectivity index (χ1) is 15.0. The van der Waals surface area contributed by atoms with E-state index in [4.69, 9.17) is 15.5 Å². The first kappa shape index (κ1) is 21.1.